The molecule has 0 amide bonds. The van der Waals surface area contributed by atoms with Gasteiger partial charge < -0.3 is 14.7 Å². The summed E-state index contributed by atoms with van der Waals surface area (Å²) >= 11 is 2.64. The molecule has 0 saturated heterocycles. The van der Waals surface area contributed by atoms with Gasteiger partial charge in [0, 0.05) is 50.0 Å². The number of hydrazine groups is 1. The van der Waals surface area contributed by atoms with Gasteiger partial charge >= 0.3 is 12.3 Å². The summed E-state index contributed by atoms with van der Waals surface area (Å²) in [7, 11) is 0. The fourth-order valence-corrected chi connectivity index (χ4v) is 5.91. The minimum atomic E-state index is -4.74. The van der Waals surface area contributed by atoms with Gasteiger partial charge in [-0.3, -0.25) is 9.80 Å². The number of hydrogen-bond acceptors (Lipinski definition) is 10. The Morgan fingerprint density at radius 1 is 1.23 bits per heavy atom. The summed E-state index contributed by atoms with van der Waals surface area (Å²) in [5, 5.41) is 13.1. The summed E-state index contributed by atoms with van der Waals surface area (Å²) in [5.74, 6) is -0.609. The molecule has 0 fully saturated rings. The Bertz CT molecular complexity index is 1330. The number of ether oxygens (including phenoxy) is 1. The van der Waals surface area contributed by atoms with E-state index in [1.807, 2.05) is 23.4 Å². The minimum absolute atomic E-state index is 0.284. The predicted octanol–water partition coefficient (Wildman–Crippen LogP) is 5.31. The van der Waals surface area contributed by atoms with Gasteiger partial charge in [0.2, 0.25) is 5.95 Å². The van der Waals surface area contributed by atoms with E-state index in [1.54, 1.807) is 43.4 Å². The molecule has 0 atom stereocenters. The second-order valence-corrected chi connectivity index (χ2v) is 12.2. The summed E-state index contributed by atoms with van der Waals surface area (Å²) in [6, 6.07) is 5.62. The lowest BCUT2D eigenvalue weighted by Gasteiger charge is -2.22. The van der Waals surface area contributed by atoms with E-state index in [0.29, 0.717) is 42.0 Å². The molecular weight excluding hydrogens is 565 g/mol. The van der Waals surface area contributed by atoms with Crippen LogP contribution in [-0.4, -0.2) is 56.8 Å². The Kier molecular flexibility index (Phi) is 9.21. The van der Waals surface area contributed by atoms with Crippen molar-refractivity contribution in [2.45, 2.75) is 49.1 Å². The normalized spacial score (nSPS) is 13.8. The van der Waals surface area contributed by atoms with Crippen molar-refractivity contribution >= 4 is 40.7 Å². The smallest absolute Gasteiger partial charge is 0.480 e. The van der Waals surface area contributed by atoms with E-state index < -0.39 is 17.1 Å². The molecule has 214 valence electrons. The number of hydrogen-bond donors (Lipinski definition) is 2. The van der Waals surface area contributed by atoms with Gasteiger partial charge in [0.1, 0.15) is 10.5 Å². The molecule has 0 bridgehead atoms. The van der Waals surface area contributed by atoms with Crippen LogP contribution in [0.15, 0.2) is 58.2 Å². The lowest BCUT2D eigenvalue weighted by atomic mass is 10.2. The average molecular weight is 595 g/mol. The molecule has 1 aliphatic heterocycles. The first-order chi connectivity index (χ1) is 18.9. The monoisotopic (exact) mass is 594 g/mol. The number of anilines is 2. The van der Waals surface area contributed by atoms with Gasteiger partial charge in [-0.15, -0.1) is 24.5 Å². The molecule has 0 radical (unpaired) electrons. The Morgan fingerprint density at radius 2 is 1.93 bits per heavy atom. The number of carbonyl (C=O) groups is 1. The first-order valence-corrected chi connectivity index (χ1v) is 14.1. The van der Waals surface area contributed by atoms with Crippen molar-refractivity contribution in [2.24, 2.45) is 0 Å². The fraction of sp³-hybridized carbons (Fsp3) is 0.385. The quantitative estimate of drug-likeness (QED) is 0.268. The molecule has 1 aliphatic rings. The molecule has 0 unspecified atom stereocenters. The highest BCUT2D eigenvalue weighted by molar-refractivity contribution is 8.03. The van der Waals surface area contributed by atoms with Crippen LogP contribution in [-0.2, 0) is 17.6 Å². The number of carboxylic acids is 1. The molecule has 0 aliphatic carbocycles. The Balaban J connectivity index is 1.45. The summed E-state index contributed by atoms with van der Waals surface area (Å²) in [6.45, 7) is 6.95. The van der Waals surface area contributed by atoms with Crippen LogP contribution in [0.25, 0.3) is 0 Å². The lowest BCUT2D eigenvalue weighted by molar-refractivity contribution is -0.274. The Morgan fingerprint density at radius 3 is 2.55 bits per heavy atom. The highest BCUT2D eigenvalue weighted by Crippen LogP contribution is 2.35. The van der Waals surface area contributed by atoms with Crippen LogP contribution in [0.1, 0.15) is 32.0 Å². The van der Waals surface area contributed by atoms with Crippen molar-refractivity contribution in [1.29, 1.82) is 0 Å². The van der Waals surface area contributed by atoms with Crippen LogP contribution in [0.4, 0.5) is 24.8 Å². The number of rotatable bonds is 12. The average Bonchev–Trinajstić information content (AvgIpc) is 3.55. The van der Waals surface area contributed by atoms with E-state index >= 15 is 0 Å². The maximum absolute atomic E-state index is 12.5. The van der Waals surface area contributed by atoms with Gasteiger partial charge in [-0.2, -0.15) is 0 Å². The van der Waals surface area contributed by atoms with E-state index in [2.05, 4.69) is 25.1 Å². The highest BCUT2D eigenvalue weighted by atomic mass is 32.2. The largest absolute Gasteiger partial charge is 0.573 e. The number of carboxylic acid groups (broad SMARTS) is 1. The number of thiazole rings is 1. The number of nitrogens with zero attached hydrogens (tertiary/aromatic N) is 5. The first kappa shape index (κ1) is 29.6. The van der Waals surface area contributed by atoms with Crippen LogP contribution in [0.2, 0.25) is 0 Å². The Hall–Kier alpha value is -3.36. The van der Waals surface area contributed by atoms with E-state index in [-0.39, 0.29) is 5.75 Å². The van der Waals surface area contributed by atoms with Gasteiger partial charge in [0.05, 0.1) is 11.4 Å². The number of aromatic nitrogens is 3. The van der Waals surface area contributed by atoms with Gasteiger partial charge in [-0.25, -0.2) is 20.4 Å². The third-order valence-electron chi connectivity index (χ3n) is 5.94. The molecule has 3 aromatic rings. The first-order valence-electron chi connectivity index (χ1n) is 12.4. The van der Waals surface area contributed by atoms with Crippen molar-refractivity contribution in [1.82, 2.24) is 20.4 Å². The molecule has 3 heterocycles. The summed E-state index contributed by atoms with van der Waals surface area (Å²) in [4.78, 5) is 27.2. The maximum atomic E-state index is 12.5. The molecule has 9 nitrogen and oxygen atoms in total. The standard InChI is InChI=1S/C26H29F3N6O3S2/c1-4-17-11-30-23(31-12-17)34(10-9-19-16-39-24(33-19)40-25(2,3)22(36)37)14-18-13-32-35(15-18)20-5-7-21(8-6-20)38-26(27,28)29/h5-8,11-12,15-16,32H,4,9-10,13-14H2,1-3H3,(H,36,37). The van der Waals surface area contributed by atoms with Crippen LogP contribution in [0.3, 0.4) is 0 Å². The van der Waals surface area contributed by atoms with Crippen molar-refractivity contribution in [3.05, 3.63) is 65.1 Å². The fourth-order valence-electron chi connectivity index (χ4n) is 3.68. The topological polar surface area (TPSA) is 104 Å². The second-order valence-electron chi connectivity index (χ2n) is 9.47. The Labute approximate surface area is 238 Å². The summed E-state index contributed by atoms with van der Waals surface area (Å²) in [6.07, 6.45) is 2.20. The summed E-state index contributed by atoms with van der Waals surface area (Å²) < 4.78 is 41.1. The van der Waals surface area contributed by atoms with Gasteiger partial charge in [0.25, 0.3) is 0 Å². The molecule has 4 rings (SSSR count). The third kappa shape index (κ3) is 8.08. The van der Waals surface area contributed by atoms with E-state index in [4.69, 9.17) is 0 Å². The number of aliphatic carboxylic acids is 1. The third-order valence-corrected chi connectivity index (χ3v) is 8.11. The van der Waals surface area contributed by atoms with E-state index in [9.17, 15) is 23.1 Å². The highest BCUT2D eigenvalue weighted by Gasteiger charge is 2.31. The van der Waals surface area contributed by atoms with Gasteiger partial charge in [-0.1, -0.05) is 18.7 Å². The molecule has 0 spiro atoms. The molecule has 2 aromatic heterocycles. The van der Waals surface area contributed by atoms with Gasteiger partial charge in [-0.05, 0) is 55.7 Å². The van der Waals surface area contributed by atoms with E-state index in [1.165, 1.54) is 35.2 Å². The van der Waals surface area contributed by atoms with Crippen LogP contribution >= 0.6 is 23.1 Å². The number of halogens is 3. The van der Waals surface area contributed by atoms with Crippen LogP contribution in [0, 0.1) is 0 Å². The van der Waals surface area contributed by atoms with Gasteiger partial charge in [0.15, 0.2) is 4.34 Å². The van der Waals surface area contributed by atoms with Crippen molar-refractivity contribution in [3.8, 4) is 5.75 Å². The molecule has 14 heteroatoms. The maximum Gasteiger partial charge on any atom is 0.573 e. The van der Waals surface area contributed by atoms with Crippen molar-refractivity contribution in [3.63, 3.8) is 0 Å². The number of alkyl halides is 3. The minimum Gasteiger partial charge on any atom is -0.480 e. The molecule has 1 aromatic carbocycles. The number of thioether (sulfide) groups is 1. The lowest BCUT2D eigenvalue weighted by Crippen LogP contribution is -2.32. The molecule has 0 saturated carbocycles. The van der Waals surface area contributed by atoms with Crippen LogP contribution in [0.5, 0.6) is 5.75 Å². The molecular formula is C26H29F3N6O3S2. The van der Waals surface area contributed by atoms with E-state index in [0.717, 1.165) is 23.3 Å². The van der Waals surface area contributed by atoms with Crippen molar-refractivity contribution < 1.29 is 27.8 Å². The number of benzene rings is 1. The number of aryl methyl sites for hydroxylation is 1. The predicted molar refractivity (Wildman–Crippen MR) is 149 cm³/mol. The number of nitrogens with one attached hydrogen (secondary N) is 1. The molecule has 2 N–H and O–H groups in total. The van der Waals surface area contributed by atoms with Crippen LogP contribution < -0.4 is 20.1 Å². The van der Waals surface area contributed by atoms with Crippen molar-refractivity contribution in [2.75, 3.05) is 29.5 Å². The SMILES string of the molecule is CCc1cnc(N(CCc2csc(SC(C)(C)C(=O)O)n2)CC2=CN(c3ccc(OC(F)(F)F)cc3)NC2)nc1. The zero-order chi connectivity index (χ0) is 28.9. The molecule has 40 heavy (non-hydrogen) atoms. The zero-order valence-corrected chi connectivity index (χ0v) is 23.7. The second kappa shape index (κ2) is 12.4. The summed E-state index contributed by atoms with van der Waals surface area (Å²) in [5.41, 5.74) is 6.79. The zero-order valence-electron chi connectivity index (χ0n) is 22.1.